The third-order valence-electron chi connectivity index (χ3n) is 3.27. The van der Waals surface area contributed by atoms with Gasteiger partial charge in [0.15, 0.2) is 5.75 Å². The summed E-state index contributed by atoms with van der Waals surface area (Å²) in [4.78, 5) is 14.0. The molecule has 1 fully saturated rings. The highest BCUT2D eigenvalue weighted by atomic mass is 16.5. The molecule has 18 heavy (non-hydrogen) atoms. The van der Waals surface area contributed by atoms with Crippen LogP contribution in [0, 0.1) is 5.92 Å². The fraction of sp³-hybridized carbons (Fsp3) is 0.462. The normalized spacial score (nSPS) is 19.2. The summed E-state index contributed by atoms with van der Waals surface area (Å²) in [5.74, 6) is 0.0817. The summed E-state index contributed by atoms with van der Waals surface area (Å²) < 4.78 is 5.10. The molecule has 0 spiro atoms. The molecule has 5 heteroatoms. The van der Waals surface area contributed by atoms with E-state index in [-0.39, 0.29) is 22.9 Å². The number of methoxy groups -OCH3 is 1. The van der Waals surface area contributed by atoms with E-state index in [2.05, 4.69) is 0 Å². The van der Waals surface area contributed by atoms with Crippen molar-refractivity contribution in [2.24, 2.45) is 5.92 Å². The van der Waals surface area contributed by atoms with Crippen LogP contribution in [0.4, 0.5) is 5.69 Å². The molecule has 1 heterocycles. The van der Waals surface area contributed by atoms with E-state index in [9.17, 15) is 9.90 Å². The number of amides is 1. The zero-order chi connectivity index (χ0) is 13.1. The fourth-order valence-corrected chi connectivity index (χ4v) is 2.29. The number of para-hydroxylation sites is 1. The van der Waals surface area contributed by atoms with Crippen molar-refractivity contribution in [3.05, 3.63) is 23.8 Å². The number of benzene rings is 1. The average molecular weight is 250 g/mol. The lowest BCUT2D eigenvalue weighted by Gasteiger charge is -2.17. The number of anilines is 1. The number of phenols is 1. The average Bonchev–Trinajstić information content (AvgIpc) is 2.81. The van der Waals surface area contributed by atoms with Crippen LogP contribution >= 0.6 is 0 Å². The highest BCUT2D eigenvalue weighted by Crippen LogP contribution is 2.27. The Hall–Kier alpha value is -1.75. The second-order valence-corrected chi connectivity index (χ2v) is 4.60. The van der Waals surface area contributed by atoms with Gasteiger partial charge >= 0.3 is 0 Å². The highest BCUT2D eigenvalue weighted by molar-refractivity contribution is 5.98. The molecule has 1 aliphatic rings. The highest BCUT2D eigenvalue weighted by Gasteiger charge is 2.28. The van der Waals surface area contributed by atoms with Crippen LogP contribution in [-0.2, 0) is 4.74 Å². The number of rotatable bonds is 3. The molecule has 1 aliphatic heterocycles. The first-order valence-electron chi connectivity index (χ1n) is 5.99. The predicted molar refractivity (Wildman–Crippen MR) is 68.4 cm³/mol. The van der Waals surface area contributed by atoms with Gasteiger partial charge in [-0.25, -0.2) is 0 Å². The molecule has 0 aromatic heterocycles. The number of phenolic OH excluding ortho intramolecular Hbond substituents is 1. The largest absolute Gasteiger partial charge is 0.505 e. The molecule has 0 saturated carbocycles. The molecular formula is C13H18N2O3. The fourth-order valence-electron chi connectivity index (χ4n) is 2.29. The van der Waals surface area contributed by atoms with E-state index in [4.69, 9.17) is 10.5 Å². The summed E-state index contributed by atoms with van der Waals surface area (Å²) in [6.07, 6.45) is 0.933. The molecule has 1 atom stereocenters. The Kier molecular flexibility index (Phi) is 3.72. The van der Waals surface area contributed by atoms with E-state index in [1.165, 1.54) is 0 Å². The maximum absolute atomic E-state index is 12.2. The Balaban J connectivity index is 2.11. The molecule has 1 aromatic carbocycles. The molecule has 3 N–H and O–H groups in total. The van der Waals surface area contributed by atoms with E-state index < -0.39 is 0 Å². The van der Waals surface area contributed by atoms with Gasteiger partial charge in [-0.15, -0.1) is 0 Å². The number of ether oxygens (including phenoxy) is 1. The number of carbonyl (C=O) groups excluding carboxylic acids is 1. The van der Waals surface area contributed by atoms with Gasteiger partial charge < -0.3 is 20.5 Å². The number of nitrogen functional groups attached to an aromatic ring is 1. The van der Waals surface area contributed by atoms with Crippen LogP contribution in [0.5, 0.6) is 5.75 Å². The van der Waals surface area contributed by atoms with Crippen molar-refractivity contribution in [1.82, 2.24) is 4.90 Å². The van der Waals surface area contributed by atoms with Gasteiger partial charge in [-0.2, -0.15) is 0 Å². The summed E-state index contributed by atoms with van der Waals surface area (Å²) in [6.45, 7) is 2.02. The van der Waals surface area contributed by atoms with Crippen LogP contribution < -0.4 is 5.73 Å². The van der Waals surface area contributed by atoms with Gasteiger partial charge in [0.05, 0.1) is 17.9 Å². The molecule has 0 bridgehead atoms. The first-order chi connectivity index (χ1) is 8.63. The number of likely N-dealkylation sites (tertiary alicyclic amines) is 1. The summed E-state index contributed by atoms with van der Waals surface area (Å²) >= 11 is 0. The van der Waals surface area contributed by atoms with Gasteiger partial charge in [-0.1, -0.05) is 6.07 Å². The summed E-state index contributed by atoms with van der Waals surface area (Å²) in [7, 11) is 1.66. The monoisotopic (exact) mass is 250 g/mol. The van der Waals surface area contributed by atoms with Crippen LogP contribution in [-0.4, -0.2) is 42.7 Å². The molecule has 0 aliphatic carbocycles. The molecule has 1 saturated heterocycles. The minimum Gasteiger partial charge on any atom is -0.505 e. The van der Waals surface area contributed by atoms with E-state index >= 15 is 0 Å². The summed E-state index contributed by atoms with van der Waals surface area (Å²) in [5.41, 5.74) is 6.09. The second-order valence-electron chi connectivity index (χ2n) is 4.60. The van der Waals surface area contributed by atoms with Gasteiger partial charge in [0, 0.05) is 26.1 Å². The topological polar surface area (TPSA) is 75.8 Å². The number of nitrogens with two attached hydrogens (primary N) is 1. The van der Waals surface area contributed by atoms with Crippen molar-refractivity contribution in [1.29, 1.82) is 0 Å². The third-order valence-corrected chi connectivity index (χ3v) is 3.27. The lowest BCUT2D eigenvalue weighted by atomic mass is 10.1. The van der Waals surface area contributed by atoms with Crippen LogP contribution in [0.3, 0.4) is 0 Å². The SMILES string of the molecule is COCC1CCN(C(=O)c2cccc(N)c2O)C1. The van der Waals surface area contributed by atoms with Crippen LogP contribution in [0.2, 0.25) is 0 Å². The Bertz CT molecular complexity index is 448. The van der Waals surface area contributed by atoms with Crippen molar-refractivity contribution >= 4 is 11.6 Å². The standard InChI is InChI=1S/C13H18N2O3/c1-18-8-9-5-6-15(7-9)13(17)10-3-2-4-11(14)12(10)16/h2-4,9,16H,5-8,14H2,1H3. The van der Waals surface area contributed by atoms with Crippen molar-refractivity contribution < 1.29 is 14.6 Å². The maximum atomic E-state index is 12.2. The first kappa shape index (κ1) is 12.7. The number of aromatic hydroxyl groups is 1. The summed E-state index contributed by atoms with van der Waals surface area (Å²) in [5, 5.41) is 9.80. The van der Waals surface area contributed by atoms with Gasteiger partial charge in [0.25, 0.3) is 5.91 Å². The number of nitrogens with zero attached hydrogens (tertiary/aromatic N) is 1. The summed E-state index contributed by atoms with van der Waals surface area (Å²) in [6, 6.07) is 4.84. The first-order valence-corrected chi connectivity index (χ1v) is 5.99. The molecule has 2 rings (SSSR count). The molecule has 98 valence electrons. The zero-order valence-electron chi connectivity index (χ0n) is 10.4. The Morgan fingerprint density at radius 1 is 1.61 bits per heavy atom. The Morgan fingerprint density at radius 2 is 2.39 bits per heavy atom. The van der Waals surface area contributed by atoms with Gasteiger partial charge in [-0.05, 0) is 18.6 Å². The minimum absolute atomic E-state index is 0.127. The lowest BCUT2D eigenvalue weighted by Crippen LogP contribution is -2.29. The maximum Gasteiger partial charge on any atom is 0.257 e. The second kappa shape index (κ2) is 5.27. The lowest BCUT2D eigenvalue weighted by molar-refractivity contribution is 0.0772. The predicted octanol–water partition coefficient (Wildman–Crippen LogP) is 1.08. The van der Waals surface area contributed by atoms with E-state index in [1.807, 2.05) is 0 Å². The number of hydrogen-bond donors (Lipinski definition) is 2. The van der Waals surface area contributed by atoms with Crippen LogP contribution in [0.1, 0.15) is 16.8 Å². The van der Waals surface area contributed by atoms with Gasteiger partial charge in [0.1, 0.15) is 0 Å². The third kappa shape index (κ3) is 2.41. The number of hydrogen-bond acceptors (Lipinski definition) is 4. The number of carbonyl (C=O) groups is 1. The Labute approximate surface area is 106 Å². The Morgan fingerprint density at radius 3 is 3.11 bits per heavy atom. The van der Waals surface area contributed by atoms with Gasteiger partial charge in [0.2, 0.25) is 0 Å². The molecule has 5 nitrogen and oxygen atoms in total. The van der Waals surface area contributed by atoms with Crippen LogP contribution in [0.25, 0.3) is 0 Å². The molecule has 1 aromatic rings. The van der Waals surface area contributed by atoms with E-state index in [0.717, 1.165) is 6.42 Å². The van der Waals surface area contributed by atoms with E-state index in [1.54, 1.807) is 30.2 Å². The smallest absolute Gasteiger partial charge is 0.257 e. The van der Waals surface area contributed by atoms with E-state index in [0.29, 0.717) is 25.6 Å². The molecule has 0 radical (unpaired) electrons. The van der Waals surface area contributed by atoms with Crippen LogP contribution in [0.15, 0.2) is 18.2 Å². The molecule has 1 amide bonds. The van der Waals surface area contributed by atoms with Crippen molar-refractivity contribution in [2.45, 2.75) is 6.42 Å². The minimum atomic E-state index is -0.168. The zero-order valence-corrected chi connectivity index (χ0v) is 10.4. The molecular weight excluding hydrogens is 232 g/mol. The quantitative estimate of drug-likeness (QED) is 0.622. The molecule has 1 unspecified atom stereocenters. The van der Waals surface area contributed by atoms with Crippen molar-refractivity contribution in [3.63, 3.8) is 0 Å². The van der Waals surface area contributed by atoms with Crippen molar-refractivity contribution in [2.75, 3.05) is 32.5 Å². The van der Waals surface area contributed by atoms with Gasteiger partial charge in [-0.3, -0.25) is 4.79 Å². The van der Waals surface area contributed by atoms with Crippen molar-refractivity contribution in [3.8, 4) is 5.75 Å².